The summed E-state index contributed by atoms with van der Waals surface area (Å²) in [4.78, 5) is 25.0. The minimum absolute atomic E-state index is 0.190. The topological polar surface area (TPSA) is 73.2 Å². The number of nitrogens with one attached hydrogen (secondary N) is 1. The minimum atomic E-state index is -0.311. The van der Waals surface area contributed by atoms with Gasteiger partial charge < -0.3 is 10.1 Å². The highest BCUT2D eigenvalue weighted by Crippen LogP contribution is 2.14. The van der Waals surface area contributed by atoms with Crippen LogP contribution in [0.1, 0.15) is 23.0 Å². The third-order valence-corrected chi connectivity index (χ3v) is 3.99. The molecular formula is C19H19N3O3. The van der Waals surface area contributed by atoms with Crippen molar-refractivity contribution in [2.45, 2.75) is 20.0 Å². The van der Waals surface area contributed by atoms with Gasteiger partial charge in [-0.2, -0.15) is 5.10 Å². The third kappa shape index (κ3) is 3.38. The standard InChI is InChI=1S/C19H19N3O3/c1-3-22-19(24)16-7-5-4-6-15(16)17(21-22)18(23)20-12-13-8-10-14(25-2)11-9-13/h4-11H,3,12H2,1-2H3,(H,20,23). The lowest BCUT2D eigenvalue weighted by Crippen LogP contribution is -2.30. The highest BCUT2D eigenvalue weighted by atomic mass is 16.5. The molecule has 1 aromatic heterocycles. The Hall–Kier alpha value is -3.15. The van der Waals surface area contributed by atoms with Crippen molar-refractivity contribution in [2.24, 2.45) is 0 Å². The highest BCUT2D eigenvalue weighted by Gasteiger charge is 2.15. The summed E-state index contributed by atoms with van der Waals surface area (Å²) in [5.74, 6) is 0.451. The maximum atomic E-state index is 12.6. The Morgan fingerprint density at radius 2 is 1.80 bits per heavy atom. The third-order valence-electron chi connectivity index (χ3n) is 3.99. The smallest absolute Gasteiger partial charge is 0.274 e. The fraction of sp³-hybridized carbons (Fsp3) is 0.211. The summed E-state index contributed by atoms with van der Waals surface area (Å²) in [6.07, 6.45) is 0. The summed E-state index contributed by atoms with van der Waals surface area (Å²) in [6, 6.07) is 14.5. The molecule has 3 aromatic rings. The van der Waals surface area contributed by atoms with Gasteiger partial charge in [-0.3, -0.25) is 9.59 Å². The van der Waals surface area contributed by atoms with Gasteiger partial charge in [-0.05, 0) is 30.7 Å². The van der Waals surface area contributed by atoms with Crippen LogP contribution in [0.3, 0.4) is 0 Å². The first-order valence-corrected chi connectivity index (χ1v) is 8.05. The van der Waals surface area contributed by atoms with Gasteiger partial charge in [0.05, 0.1) is 12.5 Å². The number of hydrogen-bond donors (Lipinski definition) is 1. The van der Waals surface area contributed by atoms with Crippen molar-refractivity contribution in [1.29, 1.82) is 0 Å². The number of nitrogens with zero attached hydrogens (tertiary/aromatic N) is 2. The van der Waals surface area contributed by atoms with E-state index in [1.165, 1.54) is 4.68 Å². The summed E-state index contributed by atoms with van der Waals surface area (Å²) >= 11 is 0. The molecule has 0 bridgehead atoms. The van der Waals surface area contributed by atoms with Gasteiger partial charge in [0.15, 0.2) is 5.69 Å². The lowest BCUT2D eigenvalue weighted by Gasteiger charge is -2.10. The van der Waals surface area contributed by atoms with E-state index in [2.05, 4.69) is 10.4 Å². The summed E-state index contributed by atoms with van der Waals surface area (Å²) < 4.78 is 6.43. The van der Waals surface area contributed by atoms with Gasteiger partial charge in [-0.1, -0.05) is 30.3 Å². The zero-order chi connectivity index (χ0) is 17.8. The number of fused-ring (bicyclic) bond motifs is 1. The van der Waals surface area contributed by atoms with Crippen LogP contribution in [-0.4, -0.2) is 22.8 Å². The minimum Gasteiger partial charge on any atom is -0.497 e. The Balaban J connectivity index is 1.88. The number of rotatable bonds is 5. The van der Waals surface area contributed by atoms with E-state index in [4.69, 9.17) is 4.74 Å². The maximum Gasteiger partial charge on any atom is 0.274 e. The van der Waals surface area contributed by atoms with Gasteiger partial charge in [0.1, 0.15) is 5.75 Å². The molecule has 0 radical (unpaired) electrons. The largest absolute Gasteiger partial charge is 0.497 e. The summed E-state index contributed by atoms with van der Waals surface area (Å²) in [6.45, 7) is 2.59. The van der Waals surface area contributed by atoms with Crippen molar-refractivity contribution in [1.82, 2.24) is 15.1 Å². The average Bonchev–Trinajstić information content (AvgIpc) is 2.67. The van der Waals surface area contributed by atoms with Crippen LogP contribution in [0, 0.1) is 0 Å². The molecule has 0 spiro atoms. The van der Waals surface area contributed by atoms with Gasteiger partial charge in [0.25, 0.3) is 11.5 Å². The molecule has 0 fully saturated rings. The van der Waals surface area contributed by atoms with Crippen molar-refractivity contribution in [3.05, 3.63) is 70.1 Å². The van der Waals surface area contributed by atoms with E-state index in [1.807, 2.05) is 31.2 Å². The van der Waals surface area contributed by atoms with Crippen molar-refractivity contribution in [3.63, 3.8) is 0 Å². The number of hydrogen-bond acceptors (Lipinski definition) is 4. The number of carbonyl (C=O) groups excluding carboxylic acids is 1. The van der Waals surface area contributed by atoms with Gasteiger partial charge >= 0.3 is 0 Å². The van der Waals surface area contributed by atoms with E-state index in [0.717, 1.165) is 11.3 Å². The van der Waals surface area contributed by atoms with Crippen molar-refractivity contribution in [2.75, 3.05) is 7.11 Å². The molecule has 6 heteroatoms. The van der Waals surface area contributed by atoms with Crippen LogP contribution in [0.2, 0.25) is 0 Å². The molecule has 2 aromatic carbocycles. The van der Waals surface area contributed by atoms with Crippen LogP contribution >= 0.6 is 0 Å². The molecule has 0 aliphatic rings. The second kappa shape index (κ2) is 7.17. The summed E-state index contributed by atoms with van der Waals surface area (Å²) in [7, 11) is 1.61. The molecule has 1 heterocycles. The Kier molecular flexibility index (Phi) is 4.79. The normalized spacial score (nSPS) is 10.6. The fourth-order valence-electron chi connectivity index (χ4n) is 2.63. The second-order valence-electron chi connectivity index (χ2n) is 5.55. The number of aryl methyl sites for hydroxylation is 1. The molecule has 3 rings (SSSR count). The molecule has 1 N–H and O–H groups in total. The van der Waals surface area contributed by atoms with Crippen LogP contribution in [0.4, 0.5) is 0 Å². The van der Waals surface area contributed by atoms with Crippen molar-refractivity contribution in [3.8, 4) is 5.75 Å². The molecular weight excluding hydrogens is 318 g/mol. The first kappa shape index (κ1) is 16.7. The van der Waals surface area contributed by atoms with Crippen LogP contribution in [0.5, 0.6) is 5.75 Å². The van der Waals surface area contributed by atoms with E-state index < -0.39 is 0 Å². The second-order valence-corrected chi connectivity index (χ2v) is 5.55. The molecule has 0 aliphatic carbocycles. The quantitative estimate of drug-likeness (QED) is 0.776. The van der Waals surface area contributed by atoms with Crippen LogP contribution in [0.15, 0.2) is 53.3 Å². The first-order chi connectivity index (χ1) is 12.1. The van der Waals surface area contributed by atoms with Crippen LogP contribution in [-0.2, 0) is 13.1 Å². The zero-order valence-corrected chi connectivity index (χ0v) is 14.2. The molecule has 0 unspecified atom stereocenters. The van der Waals surface area contributed by atoms with Crippen LogP contribution in [0.25, 0.3) is 10.8 Å². The highest BCUT2D eigenvalue weighted by molar-refractivity contribution is 6.04. The lowest BCUT2D eigenvalue weighted by molar-refractivity contribution is 0.0945. The summed E-state index contributed by atoms with van der Waals surface area (Å²) in [5.41, 5.74) is 1.01. The number of methoxy groups -OCH3 is 1. The Morgan fingerprint density at radius 1 is 1.12 bits per heavy atom. The van der Waals surface area contributed by atoms with E-state index in [9.17, 15) is 9.59 Å². The monoisotopic (exact) mass is 337 g/mol. The summed E-state index contributed by atoms with van der Waals surface area (Å²) in [5, 5.41) is 8.14. The maximum absolute atomic E-state index is 12.6. The molecule has 0 aliphatic heterocycles. The van der Waals surface area contributed by atoms with Gasteiger partial charge in [0.2, 0.25) is 0 Å². The molecule has 0 atom stereocenters. The van der Waals surface area contributed by atoms with E-state index in [1.54, 1.807) is 31.4 Å². The van der Waals surface area contributed by atoms with Crippen LogP contribution < -0.4 is 15.6 Å². The molecule has 6 nitrogen and oxygen atoms in total. The molecule has 0 saturated heterocycles. The number of amides is 1. The number of ether oxygens (including phenoxy) is 1. The van der Waals surface area contributed by atoms with Crippen molar-refractivity contribution >= 4 is 16.7 Å². The average molecular weight is 337 g/mol. The lowest BCUT2D eigenvalue weighted by atomic mass is 10.1. The number of aromatic nitrogens is 2. The van der Waals surface area contributed by atoms with Gasteiger partial charge in [0, 0.05) is 18.5 Å². The SMILES string of the molecule is CCn1nc(C(=O)NCc2ccc(OC)cc2)c2ccccc2c1=O. The zero-order valence-electron chi connectivity index (χ0n) is 14.2. The van der Waals surface area contributed by atoms with Crippen molar-refractivity contribution < 1.29 is 9.53 Å². The number of benzene rings is 2. The number of carbonyl (C=O) groups is 1. The van der Waals surface area contributed by atoms with E-state index in [0.29, 0.717) is 23.9 Å². The first-order valence-electron chi connectivity index (χ1n) is 8.05. The van der Waals surface area contributed by atoms with E-state index in [-0.39, 0.29) is 17.2 Å². The predicted octanol–water partition coefficient (Wildman–Crippen LogP) is 2.35. The Bertz CT molecular complexity index is 962. The molecule has 25 heavy (non-hydrogen) atoms. The van der Waals surface area contributed by atoms with Gasteiger partial charge in [-0.15, -0.1) is 0 Å². The van der Waals surface area contributed by atoms with E-state index >= 15 is 0 Å². The molecule has 1 amide bonds. The Labute approximate surface area is 145 Å². The molecule has 0 saturated carbocycles. The Morgan fingerprint density at radius 3 is 2.44 bits per heavy atom. The fourth-order valence-corrected chi connectivity index (χ4v) is 2.63. The molecule has 128 valence electrons. The van der Waals surface area contributed by atoms with Gasteiger partial charge in [-0.25, -0.2) is 4.68 Å². The predicted molar refractivity (Wildman–Crippen MR) is 95.8 cm³/mol.